The Kier molecular flexibility index (Phi) is 3.98. The highest BCUT2D eigenvalue weighted by atomic mass is 16.4. The summed E-state index contributed by atoms with van der Waals surface area (Å²) in [7, 11) is 0. The van der Waals surface area contributed by atoms with Crippen LogP contribution in [0.5, 0.6) is 0 Å². The van der Waals surface area contributed by atoms with Gasteiger partial charge in [-0.25, -0.2) is 4.79 Å². The van der Waals surface area contributed by atoms with E-state index < -0.39 is 6.09 Å². The number of amides is 1. The van der Waals surface area contributed by atoms with Crippen LogP contribution in [0, 0.1) is 5.92 Å². The first-order chi connectivity index (χ1) is 8.24. The van der Waals surface area contributed by atoms with Gasteiger partial charge in [-0.2, -0.15) is 0 Å². The molecule has 2 N–H and O–H groups in total. The maximum atomic E-state index is 10.4. The van der Waals surface area contributed by atoms with Gasteiger partial charge in [0, 0.05) is 19.6 Å². The van der Waals surface area contributed by atoms with Crippen molar-refractivity contribution in [3.8, 4) is 0 Å². The molecule has 1 unspecified atom stereocenters. The highest BCUT2D eigenvalue weighted by molar-refractivity contribution is 5.64. The minimum absolute atomic E-state index is 0.454. The van der Waals surface area contributed by atoms with E-state index in [1.165, 1.54) is 5.56 Å². The number of nitrogens with zero attached hydrogens (tertiary/aromatic N) is 1. The average Bonchev–Trinajstić information content (AvgIpc) is 2.75. The predicted octanol–water partition coefficient (Wildman–Crippen LogP) is 1.78. The molecule has 1 aliphatic rings. The fourth-order valence-corrected chi connectivity index (χ4v) is 2.30. The molecule has 1 aromatic rings. The summed E-state index contributed by atoms with van der Waals surface area (Å²) in [5.41, 5.74) is 1.32. The minimum atomic E-state index is -0.925. The molecule has 4 nitrogen and oxygen atoms in total. The zero-order chi connectivity index (χ0) is 12.1. The molecule has 1 heterocycles. The molecule has 0 radical (unpaired) electrons. The second-order valence-corrected chi connectivity index (χ2v) is 4.56. The maximum absolute atomic E-state index is 10.4. The van der Waals surface area contributed by atoms with Gasteiger partial charge in [-0.15, -0.1) is 0 Å². The van der Waals surface area contributed by atoms with Crippen LogP contribution in [0.15, 0.2) is 30.3 Å². The molecule has 1 aromatic carbocycles. The van der Waals surface area contributed by atoms with E-state index in [0.29, 0.717) is 12.5 Å². The first-order valence-corrected chi connectivity index (χ1v) is 5.97. The van der Waals surface area contributed by atoms with Crippen molar-refractivity contribution in [2.45, 2.75) is 13.0 Å². The zero-order valence-electron chi connectivity index (χ0n) is 9.80. The molecular weight excluding hydrogens is 216 g/mol. The van der Waals surface area contributed by atoms with Crippen molar-refractivity contribution in [3.05, 3.63) is 35.9 Å². The van der Waals surface area contributed by atoms with Crippen LogP contribution in [0.2, 0.25) is 0 Å². The van der Waals surface area contributed by atoms with E-state index in [2.05, 4.69) is 34.5 Å². The van der Waals surface area contributed by atoms with Gasteiger partial charge in [-0.3, -0.25) is 4.90 Å². The molecule has 1 aliphatic heterocycles. The van der Waals surface area contributed by atoms with Crippen LogP contribution < -0.4 is 5.32 Å². The topological polar surface area (TPSA) is 52.6 Å². The molecule has 0 bridgehead atoms. The number of carboxylic acid groups (broad SMARTS) is 1. The van der Waals surface area contributed by atoms with Crippen LogP contribution in [-0.4, -0.2) is 35.7 Å². The quantitative estimate of drug-likeness (QED) is 0.835. The van der Waals surface area contributed by atoms with Gasteiger partial charge in [-0.1, -0.05) is 30.3 Å². The molecule has 0 aliphatic carbocycles. The molecule has 0 aromatic heterocycles. The SMILES string of the molecule is O=C(O)NCC1CCN(Cc2ccccc2)C1. The van der Waals surface area contributed by atoms with Gasteiger partial charge in [0.1, 0.15) is 0 Å². The molecule has 2 rings (SSSR count). The van der Waals surface area contributed by atoms with Gasteiger partial charge in [0.25, 0.3) is 0 Å². The van der Waals surface area contributed by atoms with E-state index in [0.717, 1.165) is 26.1 Å². The highest BCUT2D eigenvalue weighted by Gasteiger charge is 2.22. The average molecular weight is 234 g/mol. The Labute approximate surface area is 101 Å². The predicted molar refractivity (Wildman–Crippen MR) is 65.9 cm³/mol. The minimum Gasteiger partial charge on any atom is -0.465 e. The van der Waals surface area contributed by atoms with Crippen LogP contribution >= 0.6 is 0 Å². The lowest BCUT2D eigenvalue weighted by atomic mass is 10.1. The Morgan fingerprint density at radius 3 is 2.88 bits per heavy atom. The second kappa shape index (κ2) is 5.68. The molecule has 1 saturated heterocycles. The van der Waals surface area contributed by atoms with Gasteiger partial charge in [-0.05, 0) is 24.4 Å². The molecule has 92 valence electrons. The monoisotopic (exact) mass is 234 g/mol. The first kappa shape index (κ1) is 11.9. The van der Waals surface area contributed by atoms with Crippen LogP contribution in [0.25, 0.3) is 0 Å². The van der Waals surface area contributed by atoms with Crippen molar-refractivity contribution in [1.29, 1.82) is 0 Å². The molecule has 0 saturated carbocycles. The summed E-state index contributed by atoms with van der Waals surface area (Å²) in [5.74, 6) is 0.454. The van der Waals surface area contributed by atoms with E-state index >= 15 is 0 Å². The number of likely N-dealkylation sites (tertiary alicyclic amines) is 1. The molecule has 4 heteroatoms. The third-order valence-corrected chi connectivity index (χ3v) is 3.16. The fourth-order valence-electron chi connectivity index (χ4n) is 2.30. The Bertz CT molecular complexity index is 367. The zero-order valence-corrected chi connectivity index (χ0v) is 9.80. The largest absolute Gasteiger partial charge is 0.465 e. The van der Waals surface area contributed by atoms with Crippen molar-refractivity contribution in [3.63, 3.8) is 0 Å². The highest BCUT2D eigenvalue weighted by Crippen LogP contribution is 2.17. The van der Waals surface area contributed by atoms with Crippen molar-refractivity contribution in [2.24, 2.45) is 5.92 Å². The molecule has 1 atom stereocenters. The smallest absolute Gasteiger partial charge is 0.404 e. The fraction of sp³-hybridized carbons (Fsp3) is 0.462. The lowest BCUT2D eigenvalue weighted by Crippen LogP contribution is -2.29. The summed E-state index contributed by atoms with van der Waals surface area (Å²) >= 11 is 0. The Morgan fingerprint density at radius 2 is 2.18 bits per heavy atom. The van der Waals surface area contributed by atoms with E-state index in [1.807, 2.05) is 6.07 Å². The number of carbonyl (C=O) groups is 1. The summed E-state index contributed by atoms with van der Waals surface area (Å²) in [6, 6.07) is 10.4. The lowest BCUT2D eigenvalue weighted by Gasteiger charge is -2.16. The standard InChI is InChI=1S/C13H18N2O2/c16-13(17)14-8-12-6-7-15(10-12)9-11-4-2-1-3-5-11/h1-5,12,14H,6-10H2,(H,16,17). The number of nitrogens with one attached hydrogen (secondary N) is 1. The van der Waals surface area contributed by atoms with Crippen molar-refractivity contribution in [2.75, 3.05) is 19.6 Å². The lowest BCUT2D eigenvalue weighted by molar-refractivity contribution is 0.192. The van der Waals surface area contributed by atoms with E-state index in [1.54, 1.807) is 0 Å². The van der Waals surface area contributed by atoms with Crippen LogP contribution in [-0.2, 0) is 6.54 Å². The van der Waals surface area contributed by atoms with Crippen molar-refractivity contribution >= 4 is 6.09 Å². The van der Waals surface area contributed by atoms with Crippen molar-refractivity contribution in [1.82, 2.24) is 10.2 Å². The third-order valence-electron chi connectivity index (χ3n) is 3.16. The Balaban J connectivity index is 1.76. The molecular formula is C13H18N2O2. The van der Waals surface area contributed by atoms with Crippen LogP contribution in [0.4, 0.5) is 4.79 Å². The van der Waals surface area contributed by atoms with Gasteiger partial charge >= 0.3 is 6.09 Å². The normalized spacial score (nSPS) is 20.4. The molecule has 1 fully saturated rings. The number of benzene rings is 1. The summed E-state index contributed by atoms with van der Waals surface area (Å²) in [4.78, 5) is 12.8. The number of hydrogen-bond acceptors (Lipinski definition) is 2. The first-order valence-electron chi connectivity index (χ1n) is 5.97. The summed E-state index contributed by atoms with van der Waals surface area (Å²) < 4.78 is 0. The van der Waals surface area contributed by atoms with E-state index in [9.17, 15) is 4.79 Å². The van der Waals surface area contributed by atoms with Crippen LogP contribution in [0.1, 0.15) is 12.0 Å². The number of rotatable bonds is 4. The molecule has 17 heavy (non-hydrogen) atoms. The van der Waals surface area contributed by atoms with Gasteiger partial charge in [0.15, 0.2) is 0 Å². The van der Waals surface area contributed by atoms with Gasteiger partial charge < -0.3 is 10.4 Å². The van der Waals surface area contributed by atoms with Gasteiger partial charge in [0.05, 0.1) is 0 Å². The Hall–Kier alpha value is -1.55. The third kappa shape index (κ3) is 3.75. The summed E-state index contributed by atoms with van der Waals surface area (Å²) in [6.45, 7) is 3.57. The van der Waals surface area contributed by atoms with Crippen molar-refractivity contribution < 1.29 is 9.90 Å². The Morgan fingerprint density at radius 1 is 1.41 bits per heavy atom. The number of hydrogen-bond donors (Lipinski definition) is 2. The van der Waals surface area contributed by atoms with Gasteiger partial charge in [0.2, 0.25) is 0 Å². The molecule has 1 amide bonds. The summed E-state index contributed by atoms with van der Waals surface area (Å²) in [5, 5.41) is 11.0. The van der Waals surface area contributed by atoms with Crippen LogP contribution in [0.3, 0.4) is 0 Å². The molecule has 0 spiro atoms. The van der Waals surface area contributed by atoms with E-state index in [-0.39, 0.29) is 0 Å². The van der Waals surface area contributed by atoms with E-state index in [4.69, 9.17) is 5.11 Å². The maximum Gasteiger partial charge on any atom is 0.404 e. The summed E-state index contributed by atoms with van der Waals surface area (Å²) in [6.07, 6.45) is 0.152. The second-order valence-electron chi connectivity index (χ2n) is 4.56.